The minimum atomic E-state index is 0.143. The molecule has 1 aromatic rings. The summed E-state index contributed by atoms with van der Waals surface area (Å²) in [4.78, 5) is 0. The molecule has 1 unspecified atom stereocenters. The zero-order valence-electron chi connectivity index (χ0n) is 9.36. The average Bonchev–Trinajstić information content (AvgIpc) is 2.21. The van der Waals surface area contributed by atoms with Gasteiger partial charge in [0.25, 0.3) is 0 Å². The van der Waals surface area contributed by atoms with E-state index in [0.717, 1.165) is 18.1 Å². The van der Waals surface area contributed by atoms with Gasteiger partial charge in [0.2, 0.25) is 0 Å². The first kappa shape index (κ1) is 11.7. The van der Waals surface area contributed by atoms with Crippen LogP contribution in [0.15, 0.2) is 24.3 Å². The van der Waals surface area contributed by atoms with E-state index in [1.165, 1.54) is 19.3 Å². The molecule has 2 N–H and O–H groups in total. The summed E-state index contributed by atoms with van der Waals surface area (Å²) in [6.45, 7) is 0.580. The number of nitrogens with two attached hydrogens (primary N) is 1. The lowest BCUT2D eigenvalue weighted by molar-refractivity contribution is 0.224. The van der Waals surface area contributed by atoms with Gasteiger partial charge >= 0.3 is 0 Å². The predicted octanol–water partition coefficient (Wildman–Crippen LogP) is 3.24. The molecule has 0 spiro atoms. The summed E-state index contributed by atoms with van der Waals surface area (Å²) >= 11 is 5.86. The van der Waals surface area contributed by atoms with Crippen molar-refractivity contribution in [3.8, 4) is 5.75 Å². The van der Waals surface area contributed by atoms with Crippen molar-refractivity contribution in [3.63, 3.8) is 0 Å². The first-order chi connectivity index (χ1) is 7.74. The third-order valence-electron chi connectivity index (χ3n) is 3.12. The fourth-order valence-corrected chi connectivity index (χ4v) is 2.17. The SMILES string of the molecule is NC(COc1cccc(Cl)c1)CC1CCC1. The summed E-state index contributed by atoms with van der Waals surface area (Å²) in [5, 5.41) is 0.699. The third-order valence-corrected chi connectivity index (χ3v) is 3.36. The second-order valence-electron chi connectivity index (χ2n) is 4.56. The standard InChI is InChI=1S/C13H18ClNO/c14-11-5-2-6-13(8-11)16-9-12(15)7-10-3-1-4-10/h2,5-6,8,10,12H,1,3-4,7,9,15H2. The van der Waals surface area contributed by atoms with Gasteiger partial charge in [0.15, 0.2) is 0 Å². The lowest BCUT2D eigenvalue weighted by Crippen LogP contribution is -2.32. The molecular formula is C13H18ClNO. The molecule has 2 rings (SSSR count). The number of benzene rings is 1. The Hall–Kier alpha value is -0.730. The molecule has 1 aromatic carbocycles. The Labute approximate surface area is 102 Å². The monoisotopic (exact) mass is 239 g/mol. The van der Waals surface area contributed by atoms with Gasteiger partial charge in [0.1, 0.15) is 12.4 Å². The van der Waals surface area contributed by atoms with Crippen molar-refractivity contribution >= 4 is 11.6 Å². The van der Waals surface area contributed by atoms with Gasteiger partial charge in [0.05, 0.1) is 0 Å². The van der Waals surface area contributed by atoms with Crippen LogP contribution in [-0.4, -0.2) is 12.6 Å². The van der Waals surface area contributed by atoms with Crippen LogP contribution in [0.3, 0.4) is 0 Å². The maximum absolute atomic E-state index is 6.01. The number of rotatable bonds is 5. The Morgan fingerprint density at radius 3 is 2.88 bits per heavy atom. The van der Waals surface area contributed by atoms with Crippen LogP contribution in [0, 0.1) is 5.92 Å². The van der Waals surface area contributed by atoms with E-state index < -0.39 is 0 Å². The van der Waals surface area contributed by atoms with E-state index in [1.54, 1.807) is 0 Å². The van der Waals surface area contributed by atoms with Crippen LogP contribution in [0.5, 0.6) is 5.75 Å². The number of hydrogen-bond acceptors (Lipinski definition) is 2. The summed E-state index contributed by atoms with van der Waals surface area (Å²) in [6, 6.07) is 7.58. The topological polar surface area (TPSA) is 35.2 Å². The number of ether oxygens (including phenoxy) is 1. The minimum Gasteiger partial charge on any atom is -0.492 e. The van der Waals surface area contributed by atoms with Crippen LogP contribution in [-0.2, 0) is 0 Å². The zero-order chi connectivity index (χ0) is 11.4. The molecule has 0 aromatic heterocycles. The Kier molecular flexibility index (Phi) is 4.08. The van der Waals surface area contributed by atoms with Gasteiger partial charge in [-0.3, -0.25) is 0 Å². The first-order valence-corrected chi connectivity index (χ1v) is 6.26. The van der Waals surface area contributed by atoms with E-state index in [1.807, 2.05) is 24.3 Å². The Balaban J connectivity index is 1.73. The second-order valence-corrected chi connectivity index (χ2v) is 5.00. The van der Waals surface area contributed by atoms with E-state index in [0.29, 0.717) is 11.6 Å². The lowest BCUT2D eigenvalue weighted by Gasteiger charge is -2.27. The van der Waals surface area contributed by atoms with Crippen molar-refractivity contribution in [2.75, 3.05) is 6.61 Å². The van der Waals surface area contributed by atoms with Crippen molar-refractivity contribution in [1.29, 1.82) is 0 Å². The molecule has 0 heterocycles. The lowest BCUT2D eigenvalue weighted by atomic mass is 9.81. The summed E-state index contributed by atoms with van der Waals surface area (Å²) in [5.41, 5.74) is 6.01. The molecule has 0 radical (unpaired) electrons. The van der Waals surface area contributed by atoms with Gasteiger partial charge < -0.3 is 10.5 Å². The van der Waals surface area contributed by atoms with Crippen molar-refractivity contribution in [3.05, 3.63) is 29.3 Å². The van der Waals surface area contributed by atoms with Crippen LogP contribution in [0.2, 0.25) is 5.02 Å². The van der Waals surface area contributed by atoms with Crippen molar-refractivity contribution in [2.24, 2.45) is 11.7 Å². The molecule has 1 fully saturated rings. The van der Waals surface area contributed by atoms with Crippen LogP contribution < -0.4 is 10.5 Å². The molecule has 0 saturated heterocycles. The highest BCUT2D eigenvalue weighted by Crippen LogP contribution is 2.30. The molecule has 0 aliphatic heterocycles. The molecule has 16 heavy (non-hydrogen) atoms. The maximum Gasteiger partial charge on any atom is 0.120 e. The molecule has 1 aliphatic carbocycles. The quantitative estimate of drug-likeness (QED) is 0.856. The van der Waals surface area contributed by atoms with E-state index in [4.69, 9.17) is 22.1 Å². The van der Waals surface area contributed by atoms with Crippen molar-refractivity contribution < 1.29 is 4.74 Å². The fraction of sp³-hybridized carbons (Fsp3) is 0.538. The third kappa shape index (κ3) is 3.39. The minimum absolute atomic E-state index is 0.143. The van der Waals surface area contributed by atoms with Crippen LogP contribution in [0.25, 0.3) is 0 Å². The number of hydrogen-bond donors (Lipinski definition) is 1. The van der Waals surface area contributed by atoms with Crippen molar-refractivity contribution in [1.82, 2.24) is 0 Å². The van der Waals surface area contributed by atoms with E-state index in [-0.39, 0.29) is 6.04 Å². The van der Waals surface area contributed by atoms with Gasteiger partial charge in [-0.2, -0.15) is 0 Å². The highest BCUT2D eigenvalue weighted by Gasteiger charge is 2.20. The fourth-order valence-electron chi connectivity index (χ4n) is 1.98. The highest BCUT2D eigenvalue weighted by atomic mass is 35.5. The van der Waals surface area contributed by atoms with E-state index in [9.17, 15) is 0 Å². The normalized spacial score (nSPS) is 17.9. The highest BCUT2D eigenvalue weighted by molar-refractivity contribution is 6.30. The van der Waals surface area contributed by atoms with Gasteiger partial charge in [-0.05, 0) is 30.5 Å². The summed E-state index contributed by atoms with van der Waals surface area (Å²) in [7, 11) is 0. The molecule has 1 atom stereocenters. The van der Waals surface area contributed by atoms with Crippen LogP contribution >= 0.6 is 11.6 Å². The first-order valence-electron chi connectivity index (χ1n) is 5.88. The summed E-state index contributed by atoms with van der Waals surface area (Å²) < 4.78 is 5.61. The predicted molar refractivity (Wildman–Crippen MR) is 66.9 cm³/mol. The second kappa shape index (κ2) is 5.55. The van der Waals surface area contributed by atoms with E-state index in [2.05, 4.69) is 0 Å². The molecule has 3 heteroatoms. The van der Waals surface area contributed by atoms with Gasteiger partial charge in [0, 0.05) is 11.1 Å². The molecule has 2 nitrogen and oxygen atoms in total. The van der Waals surface area contributed by atoms with Crippen LogP contribution in [0.4, 0.5) is 0 Å². The molecule has 0 bridgehead atoms. The molecular weight excluding hydrogens is 222 g/mol. The summed E-state index contributed by atoms with van der Waals surface area (Å²) in [5.74, 6) is 1.63. The Morgan fingerprint density at radius 1 is 1.44 bits per heavy atom. The van der Waals surface area contributed by atoms with Gasteiger partial charge in [-0.15, -0.1) is 0 Å². The van der Waals surface area contributed by atoms with Gasteiger partial charge in [-0.25, -0.2) is 0 Å². The van der Waals surface area contributed by atoms with Gasteiger partial charge in [-0.1, -0.05) is 36.9 Å². The largest absolute Gasteiger partial charge is 0.492 e. The van der Waals surface area contributed by atoms with E-state index >= 15 is 0 Å². The molecule has 0 amide bonds. The smallest absolute Gasteiger partial charge is 0.120 e. The Bertz CT molecular complexity index is 338. The molecule has 88 valence electrons. The Morgan fingerprint density at radius 2 is 2.25 bits per heavy atom. The maximum atomic E-state index is 6.01. The van der Waals surface area contributed by atoms with Crippen molar-refractivity contribution in [2.45, 2.75) is 31.7 Å². The zero-order valence-corrected chi connectivity index (χ0v) is 10.1. The average molecular weight is 240 g/mol. The molecule has 1 saturated carbocycles. The number of halogens is 1. The summed E-state index contributed by atoms with van der Waals surface area (Å²) in [6.07, 6.45) is 5.13. The molecule has 1 aliphatic rings. The van der Waals surface area contributed by atoms with Crippen LogP contribution in [0.1, 0.15) is 25.7 Å².